The lowest BCUT2D eigenvalue weighted by molar-refractivity contribution is -0.122. The maximum atomic E-state index is 13.7. The minimum atomic E-state index is -0.503. The zero-order valence-corrected chi connectivity index (χ0v) is 12.1. The average Bonchev–Trinajstić information content (AvgIpc) is 2.78. The summed E-state index contributed by atoms with van der Waals surface area (Å²) in [6.07, 6.45) is 0.944. The monoisotopic (exact) mass is 285 g/mol. The van der Waals surface area contributed by atoms with Gasteiger partial charge in [-0.05, 0) is 45.4 Å². The third-order valence-corrected chi connectivity index (χ3v) is 3.54. The fourth-order valence-corrected chi connectivity index (χ4v) is 2.46. The molecule has 112 valence electrons. The lowest BCUT2D eigenvalue weighted by Gasteiger charge is -2.31. The van der Waals surface area contributed by atoms with E-state index >= 15 is 0 Å². The molecule has 1 aliphatic rings. The Labute approximate surface area is 118 Å². The van der Waals surface area contributed by atoms with Gasteiger partial charge in [0.15, 0.2) is 0 Å². The summed E-state index contributed by atoms with van der Waals surface area (Å²) >= 11 is 0. The van der Waals surface area contributed by atoms with Gasteiger partial charge in [0, 0.05) is 24.1 Å². The van der Waals surface area contributed by atoms with E-state index in [0.29, 0.717) is 5.56 Å². The van der Waals surface area contributed by atoms with Crippen LogP contribution < -0.4 is 0 Å². The molecule has 0 spiro atoms. The zero-order chi connectivity index (χ0) is 15.3. The second kappa shape index (κ2) is 6.79. The molecule has 1 heterocycles. The van der Waals surface area contributed by atoms with Crippen molar-refractivity contribution in [1.82, 2.24) is 4.90 Å². The molecule has 5 heteroatoms. The lowest BCUT2D eigenvalue weighted by atomic mass is 9.97. The molecule has 1 fully saturated rings. The maximum absolute atomic E-state index is 13.7. The Hall–Kier alpha value is -1.49. The van der Waals surface area contributed by atoms with E-state index in [1.807, 2.05) is 0 Å². The highest BCUT2D eigenvalue weighted by Gasteiger charge is 2.32. The molecular weight excluding hydrogens is 264 g/mol. The van der Waals surface area contributed by atoms with Crippen molar-refractivity contribution in [1.29, 1.82) is 0 Å². The van der Waals surface area contributed by atoms with Crippen LogP contribution in [0.1, 0.15) is 38.7 Å². The van der Waals surface area contributed by atoms with Gasteiger partial charge in [-0.25, -0.2) is 8.78 Å². The summed E-state index contributed by atoms with van der Waals surface area (Å²) in [5.74, 6) is -0.725. The van der Waals surface area contributed by atoms with Gasteiger partial charge in [0.05, 0.1) is 0 Å². The number of carboxylic acid groups (broad SMARTS) is 1. The van der Waals surface area contributed by atoms with E-state index in [2.05, 4.69) is 25.7 Å². The number of halogens is 2. The van der Waals surface area contributed by atoms with Crippen LogP contribution in [-0.2, 0) is 4.79 Å². The van der Waals surface area contributed by atoms with Gasteiger partial charge >= 0.3 is 0 Å². The summed E-state index contributed by atoms with van der Waals surface area (Å²) < 4.78 is 26.5. The van der Waals surface area contributed by atoms with Crippen LogP contribution in [0.25, 0.3) is 0 Å². The number of hydrogen-bond acceptors (Lipinski definition) is 2. The van der Waals surface area contributed by atoms with E-state index in [-0.39, 0.29) is 17.9 Å². The molecule has 0 aromatic heterocycles. The van der Waals surface area contributed by atoms with Crippen LogP contribution in [0.5, 0.6) is 0 Å². The first kappa shape index (κ1) is 16.6. The Morgan fingerprint density at radius 3 is 2.40 bits per heavy atom. The Balaban J connectivity index is 0.000000612. The molecule has 1 aromatic rings. The van der Waals surface area contributed by atoms with E-state index in [1.54, 1.807) is 6.07 Å². The number of carbonyl (C=O) groups is 1. The molecule has 1 saturated heterocycles. The topological polar surface area (TPSA) is 40.5 Å². The third-order valence-electron chi connectivity index (χ3n) is 3.54. The molecule has 1 aromatic carbocycles. The van der Waals surface area contributed by atoms with Gasteiger partial charge in [0.2, 0.25) is 0 Å². The molecule has 20 heavy (non-hydrogen) atoms. The first-order valence-corrected chi connectivity index (χ1v) is 6.57. The van der Waals surface area contributed by atoms with Crippen molar-refractivity contribution in [2.75, 3.05) is 13.1 Å². The summed E-state index contributed by atoms with van der Waals surface area (Å²) in [5.41, 5.74) is 0.767. The molecule has 0 saturated carbocycles. The van der Waals surface area contributed by atoms with Gasteiger partial charge in [-0.1, -0.05) is 6.07 Å². The summed E-state index contributed by atoms with van der Waals surface area (Å²) in [6.45, 7) is 8.07. The van der Waals surface area contributed by atoms with Gasteiger partial charge in [0.25, 0.3) is 6.47 Å². The third kappa shape index (κ3) is 4.27. The van der Waals surface area contributed by atoms with Crippen LogP contribution in [0.4, 0.5) is 8.78 Å². The quantitative estimate of drug-likeness (QED) is 0.805. The van der Waals surface area contributed by atoms with Crippen molar-refractivity contribution in [2.24, 2.45) is 0 Å². The highest BCUT2D eigenvalue weighted by molar-refractivity contribution is 5.32. The van der Waals surface area contributed by atoms with E-state index in [9.17, 15) is 8.78 Å². The highest BCUT2D eigenvalue weighted by Crippen LogP contribution is 2.32. The second-order valence-electron chi connectivity index (χ2n) is 5.87. The minimum Gasteiger partial charge on any atom is -0.483 e. The standard InChI is InChI=1S/C14H19F2N.CH2O2/c1-14(2,3)17-7-6-10(9-17)12-5-4-11(15)8-13(12)16;2-1-3/h4-5,8,10H,6-7,9H2,1-3H3;1H,(H,2,3). The number of benzene rings is 1. The van der Waals surface area contributed by atoms with Crippen LogP contribution in [0.3, 0.4) is 0 Å². The Morgan fingerprint density at radius 1 is 1.35 bits per heavy atom. The van der Waals surface area contributed by atoms with Gasteiger partial charge < -0.3 is 5.11 Å². The van der Waals surface area contributed by atoms with Crippen LogP contribution in [0, 0.1) is 11.6 Å². The maximum Gasteiger partial charge on any atom is 0.290 e. The predicted molar refractivity (Wildman–Crippen MR) is 73.7 cm³/mol. The van der Waals surface area contributed by atoms with E-state index < -0.39 is 11.6 Å². The van der Waals surface area contributed by atoms with Crippen molar-refractivity contribution >= 4 is 6.47 Å². The number of nitrogens with zero attached hydrogens (tertiary/aromatic N) is 1. The van der Waals surface area contributed by atoms with Crippen LogP contribution in [-0.4, -0.2) is 35.1 Å². The van der Waals surface area contributed by atoms with Crippen molar-refractivity contribution in [3.8, 4) is 0 Å². The summed E-state index contributed by atoms with van der Waals surface area (Å²) in [6, 6.07) is 3.91. The molecule has 1 atom stereocenters. The molecule has 3 nitrogen and oxygen atoms in total. The van der Waals surface area contributed by atoms with E-state index in [0.717, 1.165) is 25.6 Å². The first-order valence-electron chi connectivity index (χ1n) is 6.57. The molecule has 2 rings (SSSR count). The van der Waals surface area contributed by atoms with Crippen LogP contribution in [0.15, 0.2) is 18.2 Å². The molecule has 0 aliphatic carbocycles. The van der Waals surface area contributed by atoms with Crippen molar-refractivity contribution in [3.63, 3.8) is 0 Å². The highest BCUT2D eigenvalue weighted by atomic mass is 19.1. The SMILES string of the molecule is CC(C)(C)N1CCC(c2ccc(F)cc2F)C1.O=CO. The molecule has 1 N–H and O–H groups in total. The molecule has 0 amide bonds. The van der Waals surface area contributed by atoms with Gasteiger partial charge in [-0.15, -0.1) is 0 Å². The normalized spacial score (nSPS) is 19.4. The number of hydrogen-bond donors (Lipinski definition) is 1. The van der Waals surface area contributed by atoms with Crippen molar-refractivity contribution in [3.05, 3.63) is 35.4 Å². The summed E-state index contributed by atoms with van der Waals surface area (Å²) in [4.78, 5) is 10.7. The van der Waals surface area contributed by atoms with Gasteiger partial charge in [-0.2, -0.15) is 0 Å². The van der Waals surface area contributed by atoms with Crippen molar-refractivity contribution < 1.29 is 18.7 Å². The Bertz CT molecular complexity index is 458. The van der Waals surface area contributed by atoms with Gasteiger partial charge in [-0.3, -0.25) is 9.69 Å². The largest absolute Gasteiger partial charge is 0.483 e. The van der Waals surface area contributed by atoms with Crippen LogP contribution in [0.2, 0.25) is 0 Å². The summed E-state index contributed by atoms with van der Waals surface area (Å²) in [5, 5.41) is 6.89. The van der Waals surface area contributed by atoms with E-state index in [1.165, 1.54) is 6.07 Å². The zero-order valence-electron chi connectivity index (χ0n) is 12.1. The number of likely N-dealkylation sites (tertiary alicyclic amines) is 1. The second-order valence-corrected chi connectivity index (χ2v) is 5.87. The van der Waals surface area contributed by atoms with Crippen LogP contribution >= 0.6 is 0 Å². The fourth-order valence-electron chi connectivity index (χ4n) is 2.46. The lowest BCUT2D eigenvalue weighted by Crippen LogP contribution is -2.39. The molecular formula is C15H21F2NO2. The minimum absolute atomic E-state index is 0.116. The van der Waals surface area contributed by atoms with Crippen molar-refractivity contribution in [2.45, 2.75) is 38.6 Å². The average molecular weight is 285 g/mol. The number of rotatable bonds is 1. The fraction of sp³-hybridized carbons (Fsp3) is 0.533. The first-order chi connectivity index (χ1) is 9.29. The molecule has 1 unspecified atom stereocenters. The molecule has 0 bridgehead atoms. The predicted octanol–water partition coefficient (Wildman–Crippen LogP) is 3.25. The van der Waals surface area contributed by atoms with E-state index in [4.69, 9.17) is 9.90 Å². The summed E-state index contributed by atoms with van der Waals surface area (Å²) in [7, 11) is 0. The Morgan fingerprint density at radius 2 is 1.95 bits per heavy atom. The molecule has 0 radical (unpaired) electrons. The smallest absolute Gasteiger partial charge is 0.290 e. The van der Waals surface area contributed by atoms with Gasteiger partial charge in [0.1, 0.15) is 11.6 Å². The Kier molecular flexibility index (Phi) is 5.62. The molecule has 1 aliphatic heterocycles.